The van der Waals surface area contributed by atoms with Gasteiger partial charge in [0.15, 0.2) is 0 Å². The smallest absolute Gasteiger partial charge is 0.335 e. The van der Waals surface area contributed by atoms with E-state index in [0.29, 0.717) is 38.0 Å². The van der Waals surface area contributed by atoms with Gasteiger partial charge in [0, 0.05) is 31.6 Å². The number of hydrogen-bond donors (Lipinski definition) is 2. The van der Waals surface area contributed by atoms with E-state index in [2.05, 4.69) is 5.32 Å². The molecule has 0 saturated heterocycles. The number of carbonyl (C=O) groups is 3. The highest BCUT2D eigenvalue weighted by atomic mass is 16.4. The second-order valence-corrected chi connectivity index (χ2v) is 6.58. The largest absolute Gasteiger partial charge is 0.478 e. The summed E-state index contributed by atoms with van der Waals surface area (Å²) in [5.74, 6) is -1.08. The summed E-state index contributed by atoms with van der Waals surface area (Å²) in [6, 6.07) is 14.1. The number of amides is 2. The van der Waals surface area contributed by atoms with Gasteiger partial charge in [0.2, 0.25) is 5.91 Å². The van der Waals surface area contributed by atoms with E-state index in [-0.39, 0.29) is 17.4 Å². The number of rotatable bonds is 6. The lowest BCUT2D eigenvalue weighted by Crippen LogP contribution is -2.36. The van der Waals surface area contributed by atoms with E-state index in [1.165, 1.54) is 0 Å². The first-order chi connectivity index (χ1) is 13.0. The Labute approximate surface area is 157 Å². The monoisotopic (exact) mass is 366 g/mol. The summed E-state index contributed by atoms with van der Waals surface area (Å²) < 4.78 is 0. The fraction of sp³-hybridized carbons (Fsp3) is 0.286. The summed E-state index contributed by atoms with van der Waals surface area (Å²) in [5.41, 5.74) is 2.84. The number of fused-ring (bicyclic) bond motifs is 1. The van der Waals surface area contributed by atoms with Crippen LogP contribution in [0.4, 0.5) is 0 Å². The molecule has 2 amide bonds. The van der Waals surface area contributed by atoms with E-state index in [9.17, 15) is 14.4 Å². The second-order valence-electron chi connectivity index (χ2n) is 6.58. The van der Waals surface area contributed by atoms with Gasteiger partial charge in [-0.2, -0.15) is 0 Å². The zero-order chi connectivity index (χ0) is 19.2. The van der Waals surface area contributed by atoms with E-state index in [1.54, 1.807) is 29.2 Å². The maximum absolute atomic E-state index is 12.4. The van der Waals surface area contributed by atoms with Crippen LogP contribution >= 0.6 is 0 Å². The van der Waals surface area contributed by atoms with Crippen molar-refractivity contribution in [2.45, 2.75) is 25.8 Å². The van der Waals surface area contributed by atoms with Crippen LogP contribution in [0.5, 0.6) is 0 Å². The third-order valence-corrected chi connectivity index (χ3v) is 4.71. The van der Waals surface area contributed by atoms with Crippen molar-refractivity contribution in [2.24, 2.45) is 0 Å². The third-order valence-electron chi connectivity index (χ3n) is 4.71. The predicted molar refractivity (Wildman–Crippen MR) is 101 cm³/mol. The van der Waals surface area contributed by atoms with E-state index in [0.717, 1.165) is 17.5 Å². The first kappa shape index (κ1) is 18.6. The molecule has 0 spiro atoms. The fourth-order valence-electron chi connectivity index (χ4n) is 3.19. The van der Waals surface area contributed by atoms with Gasteiger partial charge in [-0.25, -0.2) is 4.79 Å². The number of benzene rings is 2. The molecule has 0 radical (unpaired) electrons. The van der Waals surface area contributed by atoms with Crippen molar-refractivity contribution in [3.63, 3.8) is 0 Å². The standard InChI is InChI=1S/C21H22N2O4/c24-19(7-4-11-22-20(25)16-5-2-1-3-6-16)23-12-10-15-8-9-17(21(26)27)13-18(15)14-23/h1-3,5-6,8-9,13H,4,7,10-12,14H2,(H,22,25)(H,26,27). The van der Waals surface area contributed by atoms with Gasteiger partial charge in [-0.1, -0.05) is 24.3 Å². The minimum Gasteiger partial charge on any atom is -0.478 e. The lowest BCUT2D eigenvalue weighted by molar-refractivity contribution is -0.132. The van der Waals surface area contributed by atoms with Crippen LogP contribution in [0.25, 0.3) is 0 Å². The predicted octanol–water partition coefficient (Wildman–Crippen LogP) is 2.48. The molecule has 0 atom stereocenters. The van der Waals surface area contributed by atoms with Gasteiger partial charge in [0.1, 0.15) is 0 Å². The lowest BCUT2D eigenvalue weighted by Gasteiger charge is -2.29. The average molecular weight is 366 g/mol. The van der Waals surface area contributed by atoms with Crippen LogP contribution in [-0.2, 0) is 17.8 Å². The minimum atomic E-state index is -0.963. The van der Waals surface area contributed by atoms with Crippen molar-refractivity contribution in [3.8, 4) is 0 Å². The lowest BCUT2D eigenvalue weighted by atomic mass is 9.97. The summed E-state index contributed by atoms with van der Waals surface area (Å²) in [6.45, 7) is 1.51. The molecule has 27 heavy (non-hydrogen) atoms. The summed E-state index contributed by atoms with van der Waals surface area (Å²) in [4.78, 5) is 37.3. The number of carboxylic acids is 1. The second kappa shape index (κ2) is 8.49. The average Bonchev–Trinajstić information content (AvgIpc) is 2.70. The fourth-order valence-corrected chi connectivity index (χ4v) is 3.19. The molecule has 6 heteroatoms. The molecule has 0 aliphatic carbocycles. The number of carboxylic acid groups (broad SMARTS) is 1. The van der Waals surface area contributed by atoms with Crippen molar-refractivity contribution in [1.29, 1.82) is 0 Å². The van der Waals surface area contributed by atoms with Crippen molar-refractivity contribution in [3.05, 3.63) is 70.8 Å². The van der Waals surface area contributed by atoms with Gasteiger partial charge in [-0.3, -0.25) is 9.59 Å². The summed E-state index contributed by atoms with van der Waals surface area (Å²) in [5, 5.41) is 11.9. The Bertz CT molecular complexity index is 849. The Morgan fingerprint density at radius 1 is 1.00 bits per heavy atom. The molecule has 1 heterocycles. The van der Waals surface area contributed by atoms with Crippen LogP contribution in [0.3, 0.4) is 0 Å². The Morgan fingerprint density at radius 2 is 1.78 bits per heavy atom. The van der Waals surface area contributed by atoms with Gasteiger partial charge in [0.05, 0.1) is 5.56 Å². The SMILES string of the molecule is O=C(O)c1ccc2c(c1)CN(C(=O)CCCNC(=O)c1ccccc1)CC2. The number of hydrogen-bond acceptors (Lipinski definition) is 3. The van der Waals surface area contributed by atoms with Crippen molar-refractivity contribution in [2.75, 3.05) is 13.1 Å². The van der Waals surface area contributed by atoms with Gasteiger partial charge in [-0.15, -0.1) is 0 Å². The van der Waals surface area contributed by atoms with Gasteiger partial charge in [-0.05, 0) is 48.2 Å². The molecule has 0 aromatic heterocycles. The van der Waals surface area contributed by atoms with Crippen LogP contribution in [0.2, 0.25) is 0 Å². The maximum Gasteiger partial charge on any atom is 0.335 e. The molecule has 1 aliphatic rings. The highest BCUT2D eigenvalue weighted by Crippen LogP contribution is 2.21. The number of aromatic carboxylic acids is 1. The molecule has 2 aromatic carbocycles. The molecular formula is C21H22N2O4. The van der Waals surface area contributed by atoms with Crippen LogP contribution in [0.1, 0.15) is 44.7 Å². The topological polar surface area (TPSA) is 86.7 Å². The molecule has 6 nitrogen and oxygen atoms in total. The van der Waals surface area contributed by atoms with E-state index >= 15 is 0 Å². The van der Waals surface area contributed by atoms with Crippen molar-refractivity contribution >= 4 is 17.8 Å². The molecule has 1 aliphatic heterocycles. The van der Waals surface area contributed by atoms with Crippen LogP contribution in [-0.4, -0.2) is 40.9 Å². The zero-order valence-electron chi connectivity index (χ0n) is 15.0. The first-order valence-electron chi connectivity index (χ1n) is 9.00. The molecule has 0 bridgehead atoms. The highest BCUT2D eigenvalue weighted by molar-refractivity contribution is 5.94. The quantitative estimate of drug-likeness (QED) is 0.769. The van der Waals surface area contributed by atoms with Crippen LogP contribution in [0.15, 0.2) is 48.5 Å². The van der Waals surface area contributed by atoms with Crippen molar-refractivity contribution < 1.29 is 19.5 Å². The maximum atomic E-state index is 12.4. The minimum absolute atomic E-state index is 0.0235. The molecule has 0 unspecified atom stereocenters. The Kier molecular flexibility index (Phi) is 5.86. The normalized spacial score (nSPS) is 13.0. The molecule has 3 rings (SSSR count). The number of carbonyl (C=O) groups excluding carboxylic acids is 2. The third kappa shape index (κ3) is 4.73. The van der Waals surface area contributed by atoms with Crippen molar-refractivity contribution in [1.82, 2.24) is 10.2 Å². The van der Waals surface area contributed by atoms with Gasteiger partial charge < -0.3 is 15.3 Å². The van der Waals surface area contributed by atoms with Crippen LogP contribution < -0.4 is 5.32 Å². The highest BCUT2D eigenvalue weighted by Gasteiger charge is 2.21. The Hall–Kier alpha value is -3.15. The van der Waals surface area contributed by atoms with Gasteiger partial charge in [0.25, 0.3) is 5.91 Å². The number of nitrogens with zero attached hydrogens (tertiary/aromatic N) is 1. The molecule has 0 fully saturated rings. The first-order valence-corrected chi connectivity index (χ1v) is 9.00. The molecular weight excluding hydrogens is 344 g/mol. The van der Waals surface area contributed by atoms with Gasteiger partial charge >= 0.3 is 5.97 Å². The summed E-state index contributed by atoms with van der Waals surface area (Å²) in [7, 11) is 0. The Morgan fingerprint density at radius 3 is 2.52 bits per heavy atom. The molecule has 0 saturated carbocycles. The van der Waals surface area contributed by atoms with E-state index < -0.39 is 5.97 Å². The van der Waals surface area contributed by atoms with E-state index in [4.69, 9.17) is 5.11 Å². The molecule has 2 N–H and O–H groups in total. The molecule has 140 valence electrons. The Balaban J connectivity index is 1.47. The summed E-state index contributed by atoms with van der Waals surface area (Å²) >= 11 is 0. The van der Waals surface area contributed by atoms with E-state index in [1.807, 2.05) is 24.3 Å². The summed E-state index contributed by atoms with van der Waals surface area (Å²) in [6.07, 6.45) is 1.64. The number of nitrogens with one attached hydrogen (secondary N) is 1. The van der Waals surface area contributed by atoms with Crippen LogP contribution in [0, 0.1) is 0 Å². The zero-order valence-corrected chi connectivity index (χ0v) is 15.0. The molecule has 2 aromatic rings.